The maximum Gasteiger partial charge on any atom is 0.322 e. The highest BCUT2D eigenvalue weighted by Crippen LogP contribution is 2.22. The van der Waals surface area contributed by atoms with Crippen molar-refractivity contribution in [2.24, 2.45) is 0 Å². The van der Waals surface area contributed by atoms with Crippen molar-refractivity contribution in [3.8, 4) is 11.5 Å². The summed E-state index contributed by atoms with van der Waals surface area (Å²) in [6.07, 6.45) is 2.47. The number of urea groups is 1. The molecular weight excluding hydrogens is 296 g/mol. The molecule has 1 aromatic carbocycles. The molecule has 1 aromatic heterocycles. The Hall–Kier alpha value is -2.41. The standard InChI is InChI=1S/C16H20N4O3/c1-2-14-18-19-15(23-14)11-5-7-12(8-6-11)17-16(22)20-9-3-4-13(20)10-21/h5-8,13,21H,2-4,9-10H2,1H3,(H,17,22). The number of hydrogen-bond acceptors (Lipinski definition) is 5. The van der Waals surface area contributed by atoms with E-state index in [9.17, 15) is 9.90 Å². The fraction of sp³-hybridized carbons (Fsp3) is 0.438. The van der Waals surface area contributed by atoms with Crippen molar-refractivity contribution < 1.29 is 14.3 Å². The van der Waals surface area contributed by atoms with Gasteiger partial charge in [-0.2, -0.15) is 0 Å². The van der Waals surface area contributed by atoms with Gasteiger partial charge in [0.2, 0.25) is 11.8 Å². The summed E-state index contributed by atoms with van der Waals surface area (Å²) < 4.78 is 5.50. The Kier molecular flexibility index (Phi) is 4.57. The van der Waals surface area contributed by atoms with Crippen LogP contribution < -0.4 is 5.32 Å². The highest BCUT2D eigenvalue weighted by molar-refractivity contribution is 5.90. The largest absolute Gasteiger partial charge is 0.421 e. The molecule has 7 heteroatoms. The number of aryl methyl sites for hydroxylation is 1. The van der Waals surface area contributed by atoms with Gasteiger partial charge in [0.15, 0.2) is 0 Å². The Morgan fingerprint density at radius 3 is 2.83 bits per heavy atom. The highest BCUT2D eigenvalue weighted by Gasteiger charge is 2.27. The molecule has 0 bridgehead atoms. The number of carbonyl (C=O) groups excluding carboxylic acids is 1. The van der Waals surface area contributed by atoms with E-state index in [2.05, 4.69) is 15.5 Å². The molecule has 1 aliphatic rings. The Labute approximate surface area is 134 Å². The summed E-state index contributed by atoms with van der Waals surface area (Å²) in [7, 11) is 0. The molecule has 23 heavy (non-hydrogen) atoms. The van der Waals surface area contributed by atoms with E-state index < -0.39 is 0 Å². The minimum Gasteiger partial charge on any atom is -0.421 e. The number of likely N-dealkylation sites (tertiary alicyclic amines) is 1. The van der Waals surface area contributed by atoms with Gasteiger partial charge >= 0.3 is 6.03 Å². The van der Waals surface area contributed by atoms with Gasteiger partial charge in [-0.1, -0.05) is 6.92 Å². The second kappa shape index (κ2) is 6.78. The zero-order chi connectivity index (χ0) is 16.2. The van der Waals surface area contributed by atoms with Crippen LogP contribution in [0.3, 0.4) is 0 Å². The third kappa shape index (κ3) is 3.34. The molecule has 1 saturated heterocycles. The van der Waals surface area contributed by atoms with Gasteiger partial charge < -0.3 is 19.7 Å². The lowest BCUT2D eigenvalue weighted by Gasteiger charge is -2.23. The van der Waals surface area contributed by atoms with Crippen LogP contribution in [0.2, 0.25) is 0 Å². The maximum absolute atomic E-state index is 12.2. The molecule has 1 atom stereocenters. The van der Waals surface area contributed by atoms with Crippen LogP contribution in [0.25, 0.3) is 11.5 Å². The number of hydrogen-bond donors (Lipinski definition) is 2. The van der Waals surface area contributed by atoms with Crippen molar-refractivity contribution in [2.75, 3.05) is 18.5 Å². The van der Waals surface area contributed by atoms with Gasteiger partial charge in [0, 0.05) is 24.2 Å². The van der Waals surface area contributed by atoms with Crippen LogP contribution in [-0.4, -0.2) is 45.4 Å². The van der Waals surface area contributed by atoms with Crippen molar-refractivity contribution in [1.29, 1.82) is 0 Å². The number of nitrogens with zero attached hydrogens (tertiary/aromatic N) is 3. The average molecular weight is 316 g/mol. The first kappa shape index (κ1) is 15.5. The van der Waals surface area contributed by atoms with E-state index in [0.717, 1.165) is 18.4 Å². The first-order valence-corrected chi connectivity index (χ1v) is 7.82. The van der Waals surface area contributed by atoms with Crippen LogP contribution in [0, 0.1) is 0 Å². The molecule has 2 aromatic rings. The monoisotopic (exact) mass is 316 g/mol. The molecule has 1 aliphatic heterocycles. The number of aliphatic hydroxyl groups is 1. The Morgan fingerprint density at radius 2 is 2.17 bits per heavy atom. The molecule has 0 spiro atoms. The third-order valence-corrected chi connectivity index (χ3v) is 4.00. The van der Waals surface area contributed by atoms with Gasteiger partial charge in [0.1, 0.15) is 0 Å². The first-order chi connectivity index (χ1) is 11.2. The van der Waals surface area contributed by atoms with Crippen molar-refractivity contribution >= 4 is 11.7 Å². The number of benzene rings is 1. The van der Waals surface area contributed by atoms with Crippen LogP contribution in [0.4, 0.5) is 10.5 Å². The number of rotatable bonds is 4. The van der Waals surface area contributed by atoms with Crippen LogP contribution in [0.1, 0.15) is 25.7 Å². The molecule has 0 saturated carbocycles. The molecule has 1 unspecified atom stereocenters. The lowest BCUT2D eigenvalue weighted by atomic mass is 10.2. The predicted molar refractivity (Wildman–Crippen MR) is 84.9 cm³/mol. The summed E-state index contributed by atoms with van der Waals surface area (Å²) in [6.45, 7) is 2.63. The van der Waals surface area contributed by atoms with E-state index in [1.54, 1.807) is 17.0 Å². The Morgan fingerprint density at radius 1 is 1.39 bits per heavy atom. The quantitative estimate of drug-likeness (QED) is 0.903. The zero-order valence-electron chi connectivity index (χ0n) is 13.0. The number of amides is 2. The van der Waals surface area contributed by atoms with Gasteiger partial charge in [-0.05, 0) is 37.1 Å². The van der Waals surface area contributed by atoms with Gasteiger partial charge in [0.25, 0.3) is 0 Å². The Bertz CT molecular complexity index is 668. The minimum atomic E-state index is -0.180. The normalized spacial score (nSPS) is 17.5. The summed E-state index contributed by atoms with van der Waals surface area (Å²) in [6, 6.07) is 6.99. The lowest BCUT2D eigenvalue weighted by molar-refractivity contribution is 0.166. The van der Waals surface area contributed by atoms with E-state index in [1.807, 2.05) is 19.1 Å². The van der Waals surface area contributed by atoms with E-state index in [4.69, 9.17) is 4.42 Å². The summed E-state index contributed by atoms with van der Waals surface area (Å²) in [4.78, 5) is 13.9. The summed E-state index contributed by atoms with van der Waals surface area (Å²) in [5.74, 6) is 1.07. The molecule has 3 rings (SSSR count). The van der Waals surface area contributed by atoms with Crippen molar-refractivity contribution in [1.82, 2.24) is 15.1 Å². The number of carbonyl (C=O) groups is 1. The van der Waals surface area contributed by atoms with Crippen molar-refractivity contribution in [3.05, 3.63) is 30.2 Å². The van der Waals surface area contributed by atoms with E-state index in [-0.39, 0.29) is 18.7 Å². The SMILES string of the molecule is CCc1nnc(-c2ccc(NC(=O)N3CCCC3CO)cc2)o1. The minimum absolute atomic E-state index is 0.00326. The van der Waals surface area contributed by atoms with Crippen LogP contribution >= 0.6 is 0 Å². The summed E-state index contributed by atoms with van der Waals surface area (Å²) in [5.41, 5.74) is 1.50. The molecule has 2 heterocycles. The van der Waals surface area contributed by atoms with Crippen molar-refractivity contribution in [2.45, 2.75) is 32.2 Å². The summed E-state index contributed by atoms with van der Waals surface area (Å²) >= 11 is 0. The molecular formula is C16H20N4O3. The van der Waals surface area contributed by atoms with Crippen molar-refractivity contribution in [3.63, 3.8) is 0 Å². The van der Waals surface area contributed by atoms with Gasteiger partial charge in [-0.25, -0.2) is 4.79 Å². The van der Waals surface area contributed by atoms with E-state index in [0.29, 0.717) is 30.4 Å². The second-order valence-electron chi connectivity index (χ2n) is 5.53. The fourth-order valence-corrected chi connectivity index (χ4v) is 2.70. The number of aromatic nitrogens is 2. The molecule has 1 fully saturated rings. The molecule has 7 nitrogen and oxygen atoms in total. The third-order valence-electron chi connectivity index (χ3n) is 4.00. The number of nitrogens with one attached hydrogen (secondary N) is 1. The number of anilines is 1. The Balaban J connectivity index is 1.66. The lowest BCUT2D eigenvalue weighted by Crippen LogP contribution is -2.40. The van der Waals surface area contributed by atoms with E-state index >= 15 is 0 Å². The van der Waals surface area contributed by atoms with Gasteiger partial charge in [0.05, 0.1) is 12.6 Å². The van der Waals surface area contributed by atoms with Crippen LogP contribution in [-0.2, 0) is 6.42 Å². The predicted octanol–water partition coefficient (Wildman–Crippen LogP) is 2.29. The summed E-state index contributed by atoms with van der Waals surface area (Å²) in [5, 5.41) is 20.1. The average Bonchev–Trinajstić information content (AvgIpc) is 3.24. The molecule has 0 radical (unpaired) electrons. The highest BCUT2D eigenvalue weighted by atomic mass is 16.4. The number of aliphatic hydroxyl groups excluding tert-OH is 1. The molecule has 0 aliphatic carbocycles. The molecule has 2 N–H and O–H groups in total. The zero-order valence-corrected chi connectivity index (χ0v) is 13.0. The molecule has 2 amide bonds. The van der Waals surface area contributed by atoms with Gasteiger partial charge in [-0.3, -0.25) is 0 Å². The smallest absolute Gasteiger partial charge is 0.322 e. The van der Waals surface area contributed by atoms with E-state index in [1.165, 1.54) is 0 Å². The topological polar surface area (TPSA) is 91.5 Å². The molecule has 122 valence electrons. The van der Waals surface area contributed by atoms with Gasteiger partial charge in [-0.15, -0.1) is 10.2 Å². The maximum atomic E-state index is 12.2. The second-order valence-corrected chi connectivity index (χ2v) is 5.53. The fourth-order valence-electron chi connectivity index (χ4n) is 2.70. The van der Waals surface area contributed by atoms with Crippen LogP contribution in [0.5, 0.6) is 0 Å². The van der Waals surface area contributed by atoms with Crippen LogP contribution in [0.15, 0.2) is 28.7 Å². The first-order valence-electron chi connectivity index (χ1n) is 7.82.